The number of nitrogens with zero attached hydrogens (tertiary/aromatic N) is 3. The fourth-order valence-electron chi connectivity index (χ4n) is 2.50. The first-order chi connectivity index (χ1) is 11.8. The molecule has 0 aliphatic carbocycles. The van der Waals surface area contributed by atoms with Crippen LogP contribution in [0.3, 0.4) is 0 Å². The van der Waals surface area contributed by atoms with E-state index in [9.17, 15) is 4.79 Å². The predicted molar refractivity (Wildman–Crippen MR) is 92.8 cm³/mol. The number of benzene rings is 2. The Kier molecular flexibility index (Phi) is 3.55. The molecule has 24 heavy (non-hydrogen) atoms. The van der Waals surface area contributed by atoms with Crippen molar-refractivity contribution < 1.29 is 0 Å². The Hall–Kier alpha value is -3.41. The van der Waals surface area contributed by atoms with Crippen molar-refractivity contribution >= 4 is 11.7 Å². The molecular formula is C18H15N5O. The summed E-state index contributed by atoms with van der Waals surface area (Å²) in [5.74, 6) is 0.852. The largest absolute Gasteiger partial charge is 0.351 e. The van der Waals surface area contributed by atoms with Crippen molar-refractivity contribution in [2.75, 3.05) is 5.32 Å². The van der Waals surface area contributed by atoms with Gasteiger partial charge in [0.15, 0.2) is 0 Å². The lowest BCUT2D eigenvalue weighted by Crippen LogP contribution is -2.14. The van der Waals surface area contributed by atoms with Gasteiger partial charge in [0.25, 0.3) is 11.3 Å². The number of H-pyrrole nitrogens is 1. The van der Waals surface area contributed by atoms with Gasteiger partial charge in [-0.15, -0.1) is 0 Å². The zero-order chi connectivity index (χ0) is 16.4. The molecule has 2 N–H and O–H groups in total. The van der Waals surface area contributed by atoms with Crippen molar-refractivity contribution in [2.45, 2.75) is 6.54 Å². The van der Waals surface area contributed by atoms with Crippen LogP contribution in [0.25, 0.3) is 17.0 Å². The topological polar surface area (TPSA) is 75.1 Å². The van der Waals surface area contributed by atoms with Crippen LogP contribution in [0.4, 0.5) is 5.95 Å². The molecule has 0 spiro atoms. The number of fused-ring (bicyclic) bond motifs is 1. The van der Waals surface area contributed by atoms with E-state index in [4.69, 9.17) is 0 Å². The molecule has 2 aromatic carbocycles. The molecule has 0 atom stereocenters. The van der Waals surface area contributed by atoms with Gasteiger partial charge in [-0.3, -0.25) is 9.89 Å². The van der Waals surface area contributed by atoms with Gasteiger partial charge in [-0.05, 0) is 5.56 Å². The van der Waals surface area contributed by atoms with Gasteiger partial charge in [0.2, 0.25) is 5.95 Å². The van der Waals surface area contributed by atoms with Crippen LogP contribution in [0.2, 0.25) is 0 Å². The lowest BCUT2D eigenvalue weighted by molar-refractivity contribution is 0.897. The van der Waals surface area contributed by atoms with Crippen LogP contribution in [0.1, 0.15) is 5.56 Å². The van der Waals surface area contributed by atoms with E-state index in [-0.39, 0.29) is 5.56 Å². The fourth-order valence-corrected chi connectivity index (χ4v) is 2.50. The molecule has 0 aliphatic heterocycles. The van der Waals surface area contributed by atoms with Gasteiger partial charge in [0.05, 0.1) is 5.69 Å². The van der Waals surface area contributed by atoms with E-state index in [0.29, 0.717) is 24.0 Å². The monoisotopic (exact) mass is 317 g/mol. The maximum Gasteiger partial charge on any atom is 0.274 e. The molecule has 0 bridgehead atoms. The summed E-state index contributed by atoms with van der Waals surface area (Å²) in [6.07, 6.45) is 0. The molecule has 4 aromatic rings. The molecule has 2 aromatic heterocycles. The van der Waals surface area contributed by atoms with Crippen LogP contribution in [0, 0.1) is 0 Å². The number of anilines is 1. The van der Waals surface area contributed by atoms with Crippen molar-refractivity contribution in [3.8, 4) is 11.3 Å². The summed E-state index contributed by atoms with van der Waals surface area (Å²) in [4.78, 5) is 21.1. The maximum atomic E-state index is 12.3. The van der Waals surface area contributed by atoms with Gasteiger partial charge >= 0.3 is 0 Å². The first-order valence-electron chi connectivity index (χ1n) is 7.63. The molecule has 0 radical (unpaired) electrons. The number of aromatic amines is 1. The Morgan fingerprint density at radius 2 is 1.67 bits per heavy atom. The van der Waals surface area contributed by atoms with Crippen molar-refractivity contribution in [3.63, 3.8) is 0 Å². The minimum Gasteiger partial charge on any atom is -0.351 e. The lowest BCUT2D eigenvalue weighted by atomic mass is 10.1. The second-order valence-electron chi connectivity index (χ2n) is 5.39. The smallest absolute Gasteiger partial charge is 0.274 e. The van der Waals surface area contributed by atoms with Gasteiger partial charge < -0.3 is 5.32 Å². The van der Waals surface area contributed by atoms with Crippen LogP contribution < -0.4 is 10.9 Å². The summed E-state index contributed by atoms with van der Waals surface area (Å²) < 4.78 is 1.33. The molecular weight excluding hydrogens is 302 g/mol. The first-order valence-corrected chi connectivity index (χ1v) is 7.63. The van der Waals surface area contributed by atoms with Crippen molar-refractivity contribution in [2.24, 2.45) is 0 Å². The van der Waals surface area contributed by atoms with Crippen LogP contribution in [-0.2, 0) is 6.54 Å². The molecule has 0 unspecified atom stereocenters. The summed E-state index contributed by atoms with van der Waals surface area (Å²) in [5, 5.41) is 6.10. The van der Waals surface area contributed by atoms with E-state index < -0.39 is 0 Å². The third kappa shape index (κ3) is 2.77. The van der Waals surface area contributed by atoms with Crippen molar-refractivity contribution in [3.05, 3.63) is 82.6 Å². The summed E-state index contributed by atoms with van der Waals surface area (Å²) in [7, 11) is 0. The zero-order valence-corrected chi connectivity index (χ0v) is 12.8. The maximum absolute atomic E-state index is 12.3. The molecule has 0 amide bonds. The molecule has 2 heterocycles. The minimum atomic E-state index is -0.195. The van der Waals surface area contributed by atoms with E-state index in [1.54, 1.807) is 0 Å². The SMILES string of the molecule is O=c1cc(-c2ccccc2)nc2nc(NCc3ccccc3)[nH]n12. The zero-order valence-electron chi connectivity index (χ0n) is 12.8. The Balaban J connectivity index is 1.65. The summed E-state index contributed by atoms with van der Waals surface area (Å²) in [6.45, 7) is 0.612. The van der Waals surface area contributed by atoms with E-state index in [1.165, 1.54) is 10.6 Å². The molecule has 0 saturated heterocycles. The van der Waals surface area contributed by atoms with Gasteiger partial charge in [-0.1, -0.05) is 60.7 Å². The Morgan fingerprint density at radius 1 is 0.958 bits per heavy atom. The fraction of sp³-hybridized carbons (Fsp3) is 0.0556. The average molecular weight is 317 g/mol. The summed E-state index contributed by atoms with van der Waals surface area (Å²) in [5.41, 5.74) is 2.43. The van der Waals surface area contributed by atoms with Crippen LogP contribution in [0.15, 0.2) is 71.5 Å². The number of hydrogen-bond acceptors (Lipinski definition) is 4. The highest BCUT2D eigenvalue weighted by Gasteiger charge is 2.09. The van der Waals surface area contributed by atoms with Crippen LogP contribution in [0.5, 0.6) is 0 Å². The molecule has 118 valence electrons. The number of nitrogens with one attached hydrogen (secondary N) is 2. The normalized spacial score (nSPS) is 10.8. The third-order valence-electron chi connectivity index (χ3n) is 3.70. The highest BCUT2D eigenvalue weighted by molar-refractivity contribution is 5.60. The van der Waals surface area contributed by atoms with E-state index in [2.05, 4.69) is 20.4 Å². The first kappa shape index (κ1) is 14.2. The number of rotatable bonds is 4. The quantitative estimate of drug-likeness (QED) is 0.607. The number of aromatic nitrogens is 4. The minimum absolute atomic E-state index is 0.195. The second-order valence-corrected chi connectivity index (χ2v) is 5.39. The highest BCUT2D eigenvalue weighted by Crippen LogP contribution is 2.15. The van der Waals surface area contributed by atoms with Crippen molar-refractivity contribution in [1.29, 1.82) is 0 Å². The van der Waals surface area contributed by atoms with Gasteiger partial charge in [0, 0.05) is 18.2 Å². The van der Waals surface area contributed by atoms with E-state index in [0.717, 1.165) is 11.1 Å². The van der Waals surface area contributed by atoms with E-state index in [1.807, 2.05) is 60.7 Å². The predicted octanol–water partition coefficient (Wildman–Crippen LogP) is 2.70. The van der Waals surface area contributed by atoms with Crippen LogP contribution in [-0.4, -0.2) is 19.6 Å². The summed E-state index contributed by atoms with van der Waals surface area (Å²) >= 11 is 0. The summed E-state index contributed by atoms with van der Waals surface area (Å²) in [6, 6.07) is 21.1. The molecule has 6 heteroatoms. The van der Waals surface area contributed by atoms with Crippen molar-refractivity contribution in [1.82, 2.24) is 19.6 Å². The molecule has 0 fully saturated rings. The molecule has 0 aliphatic rings. The Bertz CT molecular complexity index is 1020. The van der Waals surface area contributed by atoms with Crippen LogP contribution >= 0.6 is 0 Å². The molecule has 0 saturated carbocycles. The standard InChI is InChI=1S/C18H15N5O/c24-16-11-15(14-9-5-2-6-10-14)20-18-21-17(22-23(16)18)19-12-13-7-3-1-4-8-13/h1-11H,12H2,(H2,19,20,21,22). The highest BCUT2D eigenvalue weighted by atomic mass is 16.1. The van der Waals surface area contributed by atoms with Gasteiger partial charge in [-0.2, -0.15) is 9.50 Å². The Labute approximate surface area is 137 Å². The van der Waals surface area contributed by atoms with E-state index >= 15 is 0 Å². The lowest BCUT2D eigenvalue weighted by Gasteiger charge is -2.01. The molecule has 6 nitrogen and oxygen atoms in total. The van der Waals surface area contributed by atoms with Gasteiger partial charge in [-0.25, -0.2) is 4.98 Å². The van der Waals surface area contributed by atoms with Gasteiger partial charge in [0.1, 0.15) is 0 Å². The number of hydrogen-bond donors (Lipinski definition) is 2. The average Bonchev–Trinajstić information content (AvgIpc) is 3.05. The second kappa shape index (κ2) is 6.00. The molecule has 4 rings (SSSR count). The Morgan fingerprint density at radius 3 is 2.42 bits per heavy atom. The third-order valence-corrected chi connectivity index (χ3v) is 3.70.